The first-order valence-electron chi connectivity index (χ1n) is 13.3. The Morgan fingerprint density at radius 3 is 2.24 bits per heavy atom. The van der Waals surface area contributed by atoms with Crippen molar-refractivity contribution in [3.05, 3.63) is 65.5 Å². The van der Waals surface area contributed by atoms with Crippen LogP contribution in [-0.2, 0) is 20.7 Å². The Morgan fingerprint density at radius 1 is 1.03 bits per heavy atom. The zero-order valence-corrected chi connectivity index (χ0v) is 22.9. The summed E-state index contributed by atoms with van der Waals surface area (Å²) in [6, 6.07) is 14.4. The standard InChI is InChI=1S/C30H38FN3O4/c1-20-26(19-27(35)37-5)34(32-28(20)23-8-10-24(31)11-9-23)25-12-6-21(7-13-25)18-22-14-16-33(17-15-22)29(36)38-30(2,3)4/h6-13,20,22,26H,14-19H2,1-5H3/t20-,26-/m0/s1. The molecule has 0 aromatic heterocycles. The Morgan fingerprint density at radius 2 is 1.66 bits per heavy atom. The number of hydrogen-bond donors (Lipinski definition) is 0. The minimum absolute atomic E-state index is 0.0469. The lowest BCUT2D eigenvalue weighted by molar-refractivity contribution is -0.141. The Labute approximate surface area is 224 Å². The smallest absolute Gasteiger partial charge is 0.410 e. The number of methoxy groups -OCH3 is 1. The van der Waals surface area contributed by atoms with Crippen LogP contribution < -0.4 is 5.01 Å². The van der Waals surface area contributed by atoms with Gasteiger partial charge < -0.3 is 14.4 Å². The molecule has 7 nitrogen and oxygen atoms in total. The molecule has 0 saturated carbocycles. The summed E-state index contributed by atoms with van der Waals surface area (Å²) in [7, 11) is 1.39. The van der Waals surface area contributed by atoms with Crippen molar-refractivity contribution in [2.75, 3.05) is 25.2 Å². The zero-order chi connectivity index (χ0) is 27.4. The Balaban J connectivity index is 1.43. The van der Waals surface area contributed by atoms with Crippen LogP contribution in [0.25, 0.3) is 0 Å². The molecule has 1 saturated heterocycles. The molecule has 8 heteroatoms. The van der Waals surface area contributed by atoms with Crippen LogP contribution in [0, 0.1) is 17.7 Å². The van der Waals surface area contributed by atoms with Crippen molar-refractivity contribution in [3.63, 3.8) is 0 Å². The van der Waals surface area contributed by atoms with E-state index < -0.39 is 5.60 Å². The van der Waals surface area contributed by atoms with E-state index in [2.05, 4.69) is 12.1 Å². The van der Waals surface area contributed by atoms with E-state index >= 15 is 0 Å². The average Bonchev–Trinajstić information content (AvgIpc) is 3.20. The highest BCUT2D eigenvalue weighted by Crippen LogP contribution is 2.33. The first-order valence-corrected chi connectivity index (χ1v) is 13.3. The second-order valence-electron chi connectivity index (χ2n) is 11.3. The van der Waals surface area contributed by atoms with Gasteiger partial charge in [0, 0.05) is 19.0 Å². The summed E-state index contributed by atoms with van der Waals surface area (Å²) in [4.78, 5) is 26.4. The highest BCUT2D eigenvalue weighted by atomic mass is 19.1. The molecule has 2 atom stereocenters. The molecule has 0 spiro atoms. The summed E-state index contributed by atoms with van der Waals surface area (Å²) < 4.78 is 24.0. The molecule has 2 aromatic rings. The fraction of sp³-hybridized carbons (Fsp3) is 0.500. The number of ether oxygens (including phenoxy) is 2. The van der Waals surface area contributed by atoms with E-state index in [0.29, 0.717) is 19.0 Å². The molecule has 2 aliphatic rings. The molecule has 4 rings (SSSR count). The van der Waals surface area contributed by atoms with E-state index in [1.54, 1.807) is 17.0 Å². The van der Waals surface area contributed by atoms with Gasteiger partial charge >= 0.3 is 12.1 Å². The number of anilines is 1. The van der Waals surface area contributed by atoms with E-state index in [0.717, 1.165) is 36.2 Å². The maximum atomic E-state index is 13.5. The predicted molar refractivity (Wildman–Crippen MR) is 146 cm³/mol. The first kappa shape index (κ1) is 27.6. The number of nitrogens with zero attached hydrogens (tertiary/aromatic N) is 3. The molecule has 2 heterocycles. The maximum absolute atomic E-state index is 13.5. The number of rotatable bonds is 6. The molecule has 2 aromatic carbocycles. The van der Waals surface area contributed by atoms with E-state index in [9.17, 15) is 14.0 Å². The third-order valence-electron chi connectivity index (χ3n) is 7.27. The highest BCUT2D eigenvalue weighted by Gasteiger charge is 2.37. The van der Waals surface area contributed by atoms with E-state index in [4.69, 9.17) is 14.6 Å². The van der Waals surface area contributed by atoms with Gasteiger partial charge in [-0.3, -0.25) is 9.80 Å². The fourth-order valence-electron chi connectivity index (χ4n) is 5.15. The molecule has 0 aliphatic carbocycles. The number of likely N-dealkylation sites (tertiary alicyclic amines) is 1. The van der Waals surface area contributed by atoms with Crippen LogP contribution in [-0.4, -0.2) is 54.5 Å². The lowest BCUT2D eigenvalue weighted by atomic mass is 9.90. The van der Waals surface area contributed by atoms with Crippen molar-refractivity contribution < 1.29 is 23.5 Å². The van der Waals surface area contributed by atoms with Gasteiger partial charge in [0.15, 0.2) is 0 Å². The van der Waals surface area contributed by atoms with Crippen molar-refractivity contribution in [3.8, 4) is 0 Å². The summed E-state index contributed by atoms with van der Waals surface area (Å²) in [5.41, 5.74) is 3.29. The number of benzene rings is 2. The second-order valence-corrected chi connectivity index (χ2v) is 11.3. The summed E-state index contributed by atoms with van der Waals surface area (Å²) >= 11 is 0. The summed E-state index contributed by atoms with van der Waals surface area (Å²) in [6.45, 7) is 9.11. The quantitative estimate of drug-likeness (QED) is 0.447. The van der Waals surface area contributed by atoms with Crippen molar-refractivity contribution in [2.45, 2.75) is 65.0 Å². The summed E-state index contributed by atoms with van der Waals surface area (Å²) in [6.07, 6.45) is 2.79. The van der Waals surface area contributed by atoms with E-state index in [1.807, 2.05) is 44.8 Å². The van der Waals surface area contributed by atoms with Crippen molar-refractivity contribution in [1.82, 2.24) is 4.90 Å². The number of carbonyl (C=O) groups is 2. The van der Waals surface area contributed by atoms with Gasteiger partial charge in [-0.1, -0.05) is 31.2 Å². The highest BCUT2D eigenvalue weighted by molar-refractivity contribution is 6.05. The number of hydrogen-bond acceptors (Lipinski definition) is 6. The average molecular weight is 524 g/mol. The number of amides is 1. The van der Waals surface area contributed by atoms with Crippen LogP contribution in [0.2, 0.25) is 0 Å². The van der Waals surface area contributed by atoms with Crippen LogP contribution >= 0.6 is 0 Å². The SMILES string of the molecule is COC(=O)C[C@H]1[C@H](C)C(c2ccc(F)cc2)=NN1c1ccc(CC2CCN(C(=O)OC(C)(C)C)CC2)cc1. The van der Waals surface area contributed by atoms with Gasteiger partial charge in [-0.05, 0) is 81.3 Å². The molecular weight excluding hydrogens is 485 g/mol. The third kappa shape index (κ3) is 6.71. The molecule has 1 fully saturated rings. The molecule has 204 valence electrons. The van der Waals surface area contributed by atoms with Gasteiger partial charge in [-0.25, -0.2) is 9.18 Å². The topological polar surface area (TPSA) is 71.4 Å². The molecule has 1 amide bonds. The van der Waals surface area contributed by atoms with Crippen LogP contribution in [0.3, 0.4) is 0 Å². The van der Waals surface area contributed by atoms with Gasteiger partial charge in [0.25, 0.3) is 0 Å². The lowest BCUT2D eigenvalue weighted by Crippen LogP contribution is -2.42. The Kier molecular flexibility index (Phi) is 8.38. The van der Waals surface area contributed by atoms with Crippen LogP contribution in [0.4, 0.5) is 14.9 Å². The minimum atomic E-state index is -0.484. The summed E-state index contributed by atoms with van der Waals surface area (Å²) in [5, 5.41) is 6.77. The lowest BCUT2D eigenvalue weighted by Gasteiger charge is -2.33. The number of piperidine rings is 1. The van der Waals surface area contributed by atoms with Gasteiger partial charge in [0.2, 0.25) is 0 Å². The monoisotopic (exact) mass is 523 g/mol. The van der Waals surface area contributed by atoms with Crippen LogP contribution in [0.5, 0.6) is 0 Å². The van der Waals surface area contributed by atoms with Crippen LogP contribution in [0.1, 0.15) is 58.1 Å². The predicted octanol–water partition coefficient (Wildman–Crippen LogP) is 5.81. The maximum Gasteiger partial charge on any atom is 0.410 e. The zero-order valence-electron chi connectivity index (χ0n) is 22.9. The van der Waals surface area contributed by atoms with Crippen LogP contribution in [0.15, 0.2) is 53.6 Å². The number of hydrazone groups is 1. The fourth-order valence-corrected chi connectivity index (χ4v) is 5.15. The van der Waals surface area contributed by atoms with Gasteiger partial charge in [0.1, 0.15) is 11.4 Å². The minimum Gasteiger partial charge on any atom is -0.469 e. The summed E-state index contributed by atoms with van der Waals surface area (Å²) in [5.74, 6) is -0.137. The van der Waals surface area contributed by atoms with E-state index in [1.165, 1.54) is 24.8 Å². The van der Waals surface area contributed by atoms with Gasteiger partial charge in [-0.15, -0.1) is 0 Å². The Bertz CT molecular complexity index is 1150. The molecule has 2 aliphatic heterocycles. The second kappa shape index (κ2) is 11.5. The van der Waals surface area contributed by atoms with Crippen molar-refractivity contribution >= 4 is 23.5 Å². The molecular formula is C30H38FN3O4. The van der Waals surface area contributed by atoms with Gasteiger partial charge in [-0.2, -0.15) is 5.10 Å². The molecule has 0 bridgehead atoms. The molecule has 0 N–H and O–H groups in total. The Hall–Kier alpha value is -3.42. The van der Waals surface area contributed by atoms with Crippen molar-refractivity contribution in [1.29, 1.82) is 0 Å². The molecule has 0 radical (unpaired) electrons. The number of esters is 1. The number of halogens is 1. The first-order chi connectivity index (χ1) is 18.0. The van der Waals surface area contributed by atoms with Gasteiger partial charge in [0.05, 0.1) is 31.0 Å². The number of carbonyl (C=O) groups excluding carboxylic acids is 2. The van der Waals surface area contributed by atoms with Crippen molar-refractivity contribution in [2.24, 2.45) is 16.9 Å². The van der Waals surface area contributed by atoms with E-state index in [-0.39, 0.29) is 36.3 Å². The largest absolute Gasteiger partial charge is 0.469 e. The molecule has 0 unspecified atom stereocenters. The third-order valence-corrected chi connectivity index (χ3v) is 7.27. The molecule has 38 heavy (non-hydrogen) atoms. The normalized spacial score (nSPS) is 20.3.